The number of carbonyl (C=O) groups is 2. The van der Waals surface area contributed by atoms with Gasteiger partial charge in [-0.1, -0.05) is 0 Å². The predicted molar refractivity (Wildman–Crippen MR) is 34.5 cm³/mol. The van der Waals surface area contributed by atoms with E-state index in [1.165, 1.54) is 12.1 Å². The molecule has 0 radical (unpaired) electrons. The number of amides is 2. The van der Waals surface area contributed by atoms with Crippen molar-refractivity contribution < 1.29 is 9.59 Å². The Labute approximate surface area is 67.1 Å². The van der Waals surface area contributed by atoms with E-state index in [4.69, 9.17) is 10.5 Å². The molecule has 0 aromatic heterocycles. The van der Waals surface area contributed by atoms with Gasteiger partial charge in [-0.2, -0.15) is 10.5 Å². The van der Waals surface area contributed by atoms with E-state index in [0.717, 1.165) is 0 Å². The van der Waals surface area contributed by atoms with E-state index < -0.39 is 11.8 Å². The first-order chi connectivity index (χ1) is 5.69. The molecule has 0 aromatic carbocycles. The SMILES string of the molecule is N#CC(C#N)=C1NC(=O)C(=O)N1. The molecule has 12 heavy (non-hydrogen) atoms. The van der Waals surface area contributed by atoms with Crippen LogP contribution < -0.4 is 10.6 Å². The third-order valence-electron chi connectivity index (χ3n) is 1.16. The molecule has 0 atom stereocenters. The Hall–Kier alpha value is -2.34. The lowest BCUT2D eigenvalue weighted by Gasteiger charge is -1.92. The summed E-state index contributed by atoms with van der Waals surface area (Å²) >= 11 is 0. The van der Waals surface area contributed by atoms with Gasteiger partial charge in [0.25, 0.3) is 0 Å². The van der Waals surface area contributed by atoms with Crippen LogP contribution in [-0.4, -0.2) is 11.8 Å². The van der Waals surface area contributed by atoms with Gasteiger partial charge in [-0.15, -0.1) is 0 Å². The van der Waals surface area contributed by atoms with Crippen LogP contribution in [0.5, 0.6) is 0 Å². The van der Waals surface area contributed by atoms with Crippen molar-refractivity contribution in [2.24, 2.45) is 0 Å². The van der Waals surface area contributed by atoms with Crippen molar-refractivity contribution in [3.05, 3.63) is 11.4 Å². The molecule has 0 saturated carbocycles. The summed E-state index contributed by atoms with van der Waals surface area (Å²) in [6, 6.07) is 3.05. The van der Waals surface area contributed by atoms with E-state index in [2.05, 4.69) is 0 Å². The summed E-state index contributed by atoms with van der Waals surface area (Å²) in [5.41, 5.74) is -0.325. The maximum atomic E-state index is 10.5. The minimum absolute atomic E-state index is 0.144. The van der Waals surface area contributed by atoms with E-state index in [1.807, 2.05) is 10.6 Å². The summed E-state index contributed by atoms with van der Waals surface area (Å²) in [5.74, 6) is -1.88. The summed E-state index contributed by atoms with van der Waals surface area (Å²) in [7, 11) is 0. The zero-order chi connectivity index (χ0) is 9.14. The Kier molecular flexibility index (Phi) is 1.76. The molecule has 0 aliphatic carbocycles. The molecule has 0 aromatic rings. The van der Waals surface area contributed by atoms with Crippen molar-refractivity contribution in [1.29, 1.82) is 10.5 Å². The monoisotopic (exact) mass is 162 g/mol. The summed E-state index contributed by atoms with van der Waals surface area (Å²) in [5, 5.41) is 20.7. The molecule has 1 heterocycles. The van der Waals surface area contributed by atoms with Gasteiger partial charge in [0.2, 0.25) is 0 Å². The fourth-order valence-corrected chi connectivity index (χ4v) is 0.634. The summed E-state index contributed by atoms with van der Waals surface area (Å²) in [6.07, 6.45) is 0. The highest BCUT2D eigenvalue weighted by Crippen LogP contribution is 2.00. The average molecular weight is 162 g/mol. The van der Waals surface area contributed by atoms with Crippen LogP contribution >= 0.6 is 0 Å². The molecule has 0 bridgehead atoms. The van der Waals surface area contributed by atoms with Crippen molar-refractivity contribution in [3.8, 4) is 12.1 Å². The van der Waals surface area contributed by atoms with E-state index in [9.17, 15) is 9.59 Å². The minimum Gasteiger partial charge on any atom is -0.302 e. The molecular formula is C6H2N4O2. The molecule has 6 heteroatoms. The van der Waals surface area contributed by atoms with E-state index in [1.54, 1.807) is 0 Å². The first kappa shape index (κ1) is 7.76. The van der Waals surface area contributed by atoms with Gasteiger partial charge in [-0.05, 0) is 0 Å². The molecule has 1 fully saturated rings. The van der Waals surface area contributed by atoms with Crippen LogP contribution in [-0.2, 0) is 9.59 Å². The smallest absolute Gasteiger partial charge is 0.302 e. The van der Waals surface area contributed by atoms with E-state index in [0.29, 0.717) is 0 Å². The molecule has 1 aliphatic heterocycles. The van der Waals surface area contributed by atoms with E-state index >= 15 is 0 Å². The number of hydrogen-bond donors (Lipinski definition) is 2. The molecular weight excluding hydrogens is 160 g/mol. The first-order valence-corrected chi connectivity index (χ1v) is 2.86. The largest absolute Gasteiger partial charge is 0.315 e. The number of nitrogens with one attached hydrogen (secondary N) is 2. The highest BCUT2D eigenvalue weighted by molar-refractivity contribution is 6.38. The van der Waals surface area contributed by atoms with Crippen molar-refractivity contribution >= 4 is 11.8 Å². The molecule has 1 aliphatic rings. The maximum absolute atomic E-state index is 10.5. The van der Waals surface area contributed by atoms with Crippen LogP contribution in [0.4, 0.5) is 0 Å². The van der Waals surface area contributed by atoms with Gasteiger partial charge in [0, 0.05) is 0 Å². The molecule has 1 saturated heterocycles. The van der Waals surface area contributed by atoms with Gasteiger partial charge in [-0.3, -0.25) is 9.59 Å². The lowest BCUT2D eigenvalue weighted by atomic mass is 10.3. The van der Waals surface area contributed by atoms with Crippen LogP contribution in [0.25, 0.3) is 0 Å². The Morgan fingerprint density at radius 1 is 1.08 bits per heavy atom. The Balaban J connectivity index is 3.04. The van der Waals surface area contributed by atoms with Gasteiger partial charge in [0.15, 0.2) is 5.57 Å². The lowest BCUT2D eigenvalue weighted by Crippen LogP contribution is -2.19. The Morgan fingerprint density at radius 3 is 1.83 bits per heavy atom. The zero-order valence-electron chi connectivity index (χ0n) is 5.71. The zero-order valence-corrected chi connectivity index (χ0v) is 5.71. The Bertz CT molecular complexity index is 334. The molecule has 1 rings (SSSR count). The standard InChI is InChI=1S/C6H2N4O2/c7-1-3(2-8)4-9-5(11)6(12)10-4/h(H,9,11)(H,10,12). The van der Waals surface area contributed by atoms with Gasteiger partial charge < -0.3 is 10.6 Å². The first-order valence-electron chi connectivity index (χ1n) is 2.86. The Morgan fingerprint density at radius 2 is 1.50 bits per heavy atom. The number of allylic oxidation sites excluding steroid dienone is 1. The second-order valence-corrected chi connectivity index (χ2v) is 1.88. The summed E-state index contributed by atoms with van der Waals surface area (Å²) < 4.78 is 0. The van der Waals surface area contributed by atoms with Crippen molar-refractivity contribution in [1.82, 2.24) is 10.6 Å². The number of nitrogens with zero attached hydrogens (tertiary/aromatic N) is 2. The van der Waals surface area contributed by atoms with Crippen LogP contribution in [0.2, 0.25) is 0 Å². The molecule has 6 nitrogen and oxygen atoms in total. The average Bonchev–Trinajstić information content (AvgIpc) is 2.35. The lowest BCUT2D eigenvalue weighted by molar-refractivity contribution is -0.135. The van der Waals surface area contributed by atoms with Crippen LogP contribution in [0.15, 0.2) is 11.4 Å². The molecule has 0 unspecified atom stereocenters. The third-order valence-corrected chi connectivity index (χ3v) is 1.16. The number of carbonyl (C=O) groups excluding carboxylic acids is 2. The molecule has 0 spiro atoms. The van der Waals surface area contributed by atoms with Gasteiger partial charge >= 0.3 is 11.8 Å². The number of rotatable bonds is 0. The summed E-state index contributed by atoms with van der Waals surface area (Å²) in [4.78, 5) is 21.1. The van der Waals surface area contributed by atoms with Crippen LogP contribution in [0.1, 0.15) is 0 Å². The van der Waals surface area contributed by atoms with Crippen molar-refractivity contribution in [2.75, 3.05) is 0 Å². The van der Waals surface area contributed by atoms with Gasteiger partial charge in [0.1, 0.15) is 18.0 Å². The molecule has 58 valence electrons. The second kappa shape index (κ2) is 2.72. The number of nitriles is 2. The normalized spacial score (nSPS) is 14.3. The van der Waals surface area contributed by atoms with E-state index in [-0.39, 0.29) is 11.4 Å². The third kappa shape index (κ3) is 1.09. The number of hydrogen-bond acceptors (Lipinski definition) is 4. The quantitative estimate of drug-likeness (QED) is 0.333. The summed E-state index contributed by atoms with van der Waals surface area (Å²) in [6.45, 7) is 0. The topological polar surface area (TPSA) is 106 Å². The van der Waals surface area contributed by atoms with Crippen LogP contribution in [0, 0.1) is 22.7 Å². The van der Waals surface area contributed by atoms with Crippen molar-refractivity contribution in [2.45, 2.75) is 0 Å². The maximum Gasteiger partial charge on any atom is 0.315 e. The van der Waals surface area contributed by atoms with Gasteiger partial charge in [-0.25, -0.2) is 0 Å². The predicted octanol–water partition coefficient (Wildman–Crippen LogP) is -1.51. The highest BCUT2D eigenvalue weighted by atomic mass is 16.2. The molecule has 2 amide bonds. The fraction of sp³-hybridized carbons (Fsp3) is 0. The van der Waals surface area contributed by atoms with Crippen LogP contribution in [0.3, 0.4) is 0 Å². The molecule has 2 N–H and O–H groups in total. The fourth-order valence-electron chi connectivity index (χ4n) is 0.634. The van der Waals surface area contributed by atoms with Crippen molar-refractivity contribution in [3.63, 3.8) is 0 Å². The van der Waals surface area contributed by atoms with Gasteiger partial charge in [0.05, 0.1) is 0 Å². The minimum atomic E-state index is -0.868. The second-order valence-electron chi connectivity index (χ2n) is 1.88. The highest BCUT2D eigenvalue weighted by Gasteiger charge is 2.26.